The van der Waals surface area contributed by atoms with Crippen molar-refractivity contribution in [1.29, 1.82) is 0 Å². The van der Waals surface area contributed by atoms with Crippen LogP contribution in [-0.2, 0) is 11.2 Å². The van der Waals surface area contributed by atoms with E-state index < -0.39 is 0 Å². The molecule has 30 heavy (non-hydrogen) atoms. The van der Waals surface area contributed by atoms with Gasteiger partial charge in [0.25, 0.3) is 5.91 Å². The van der Waals surface area contributed by atoms with Gasteiger partial charge in [-0.2, -0.15) is 0 Å². The van der Waals surface area contributed by atoms with Gasteiger partial charge in [0.1, 0.15) is 0 Å². The highest BCUT2D eigenvalue weighted by molar-refractivity contribution is 6.33. The number of hydrogen-bond donors (Lipinski definition) is 0. The van der Waals surface area contributed by atoms with Crippen molar-refractivity contribution < 1.29 is 9.59 Å². The Morgan fingerprint density at radius 2 is 1.67 bits per heavy atom. The van der Waals surface area contributed by atoms with Crippen molar-refractivity contribution in [3.63, 3.8) is 0 Å². The lowest BCUT2D eigenvalue weighted by atomic mass is 9.90. The van der Waals surface area contributed by atoms with Crippen molar-refractivity contribution in [3.05, 3.63) is 70.7 Å². The molecule has 0 unspecified atom stereocenters. The Labute approximate surface area is 184 Å². The molecule has 5 heteroatoms. The molecule has 0 aromatic heterocycles. The van der Waals surface area contributed by atoms with Crippen LogP contribution in [0.4, 0.5) is 0 Å². The number of piperidine rings is 1. The summed E-state index contributed by atoms with van der Waals surface area (Å²) in [6.07, 6.45) is 3.49. The quantitative estimate of drug-likeness (QED) is 0.620. The van der Waals surface area contributed by atoms with Crippen LogP contribution in [0.3, 0.4) is 0 Å². The van der Waals surface area contributed by atoms with E-state index in [-0.39, 0.29) is 17.9 Å². The van der Waals surface area contributed by atoms with Crippen LogP contribution in [0.15, 0.2) is 54.6 Å². The summed E-state index contributed by atoms with van der Waals surface area (Å²) >= 11 is 6.20. The summed E-state index contributed by atoms with van der Waals surface area (Å²) in [5.41, 5.74) is 1.86. The van der Waals surface area contributed by atoms with Crippen LogP contribution >= 0.6 is 11.6 Å². The van der Waals surface area contributed by atoms with Crippen molar-refractivity contribution in [1.82, 2.24) is 9.80 Å². The maximum absolute atomic E-state index is 12.9. The molecule has 1 aliphatic heterocycles. The molecule has 1 fully saturated rings. The normalized spacial score (nSPS) is 14.7. The van der Waals surface area contributed by atoms with Gasteiger partial charge < -0.3 is 9.80 Å². The third kappa shape index (κ3) is 5.85. The van der Waals surface area contributed by atoms with Crippen molar-refractivity contribution in [3.8, 4) is 0 Å². The van der Waals surface area contributed by atoms with Crippen LogP contribution in [0, 0.1) is 5.92 Å². The lowest BCUT2D eigenvalue weighted by Crippen LogP contribution is -2.43. The minimum Gasteiger partial charge on any atom is -0.343 e. The minimum absolute atomic E-state index is 0.00168. The zero-order chi connectivity index (χ0) is 21.5. The second-order valence-corrected chi connectivity index (χ2v) is 8.74. The number of hydrogen-bond acceptors (Lipinski definition) is 2. The van der Waals surface area contributed by atoms with E-state index in [1.807, 2.05) is 36.9 Å². The predicted octanol–water partition coefficient (Wildman–Crippen LogP) is 5.06. The van der Waals surface area contributed by atoms with Gasteiger partial charge >= 0.3 is 0 Å². The van der Waals surface area contributed by atoms with E-state index in [4.69, 9.17) is 11.6 Å². The number of halogens is 1. The summed E-state index contributed by atoms with van der Waals surface area (Å²) in [4.78, 5) is 29.4. The molecule has 0 saturated carbocycles. The maximum Gasteiger partial charge on any atom is 0.255 e. The summed E-state index contributed by atoms with van der Waals surface area (Å²) in [7, 11) is 0. The third-order valence-corrected chi connectivity index (χ3v) is 6.22. The van der Waals surface area contributed by atoms with E-state index in [9.17, 15) is 9.59 Å². The van der Waals surface area contributed by atoms with Gasteiger partial charge in [-0.05, 0) is 56.7 Å². The van der Waals surface area contributed by atoms with E-state index in [0.29, 0.717) is 29.5 Å². The van der Waals surface area contributed by atoms with Gasteiger partial charge in [-0.25, -0.2) is 0 Å². The lowest BCUT2D eigenvalue weighted by molar-refractivity contribution is -0.132. The molecule has 0 radical (unpaired) electrons. The van der Waals surface area contributed by atoms with Gasteiger partial charge in [0, 0.05) is 32.1 Å². The smallest absolute Gasteiger partial charge is 0.255 e. The average Bonchev–Trinajstić information content (AvgIpc) is 2.75. The monoisotopic (exact) mass is 426 g/mol. The summed E-state index contributed by atoms with van der Waals surface area (Å²) in [6, 6.07) is 17.6. The molecule has 3 rings (SSSR count). The molecule has 160 valence electrons. The molecule has 1 heterocycles. The van der Waals surface area contributed by atoms with Crippen molar-refractivity contribution in [2.75, 3.05) is 19.6 Å². The molecule has 1 aliphatic rings. The Balaban J connectivity index is 1.50. The molecule has 2 aromatic rings. The topological polar surface area (TPSA) is 40.6 Å². The average molecular weight is 427 g/mol. The molecule has 4 nitrogen and oxygen atoms in total. The first kappa shape index (κ1) is 22.4. The van der Waals surface area contributed by atoms with Gasteiger partial charge in [0.2, 0.25) is 5.91 Å². The molecular weight excluding hydrogens is 396 g/mol. The molecule has 0 spiro atoms. The number of benzene rings is 2. The van der Waals surface area contributed by atoms with E-state index in [2.05, 4.69) is 24.3 Å². The van der Waals surface area contributed by atoms with Crippen LogP contribution < -0.4 is 0 Å². The molecule has 0 N–H and O–H groups in total. The van der Waals surface area contributed by atoms with Gasteiger partial charge in [0.15, 0.2) is 0 Å². The van der Waals surface area contributed by atoms with E-state index in [1.54, 1.807) is 17.0 Å². The summed E-state index contributed by atoms with van der Waals surface area (Å²) in [5.74, 6) is 0.640. The lowest BCUT2D eigenvalue weighted by Gasteiger charge is -2.33. The van der Waals surface area contributed by atoms with E-state index >= 15 is 0 Å². The zero-order valence-electron chi connectivity index (χ0n) is 17.9. The first-order valence-electron chi connectivity index (χ1n) is 10.8. The van der Waals surface area contributed by atoms with Gasteiger partial charge in [0.05, 0.1) is 10.6 Å². The number of rotatable bonds is 7. The Kier molecular flexibility index (Phi) is 7.92. The van der Waals surface area contributed by atoms with Gasteiger partial charge in [-0.3, -0.25) is 9.59 Å². The fourth-order valence-corrected chi connectivity index (χ4v) is 4.31. The zero-order valence-corrected chi connectivity index (χ0v) is 18.6. The number of amides is 2. The SMILES string of the molecule is CC(C)N(CCC(=O)N1CCC(Cc2ccccc2)CC1)C(=O)c1ccccc1Cl. The highest BCUT2D eigenvalue weighted by atomic mass is 35.5. The number of carbonyl (C=O) groups excluding carboxylic acids is 2. The molecule has 1 saturated heterocycles. The molecule has 0 aliphatic carbocycles. The van der Waals surface area contributed by atoms with Crippen molar-refractivity contribution >= 4 is 23.4 Å². The molecule has 2 amide bonds. The highest BCUT2D eigenvalue weighted by Gasteiger charge is 2.25. The van der Waals surface area contributed by atoms with Crippen LogP contribution in [0.5, 0.6) is 0 Å². The van der Waals surface area contributed by atoms with Crippen LogP contribution in [0.25, 0.3) is 0 Å². The Morgan fingerprint density at radius 3 is 2.30 bits per heavy atom. The summed E-state index contributed by atoms with van der Waals surface area (Å²) < 4.78 is 0. The number of carbonyl (C=O) groups is 2. The van der Waals surface area contributed by atoms with Crippen LogP contribution in [0.1, 0.15) is 49.0 Å². The van der Waals surface area contributed by atoms with Gasteiger partial charge in [-0.1, -0.05) is 54.1 Å². The Morgan fingerprint density at radius 1 is 1.03 bits per heavy atom. The minimum atomic E-state index is -0.120. The summed E-state index contributed by atoms with van der Waals surface area (Å²) in [5, 5.41) is 0.444. The fourth-order valence-electron chi connectivity index (χ4n) is 4.09. The predicted molar refractivity (Wildman–Crippen MR) is 122 cm³/mol. The first-order chi connectivity index (χ1) is 14.5. The van der Waals surface area contributed by atoms with E-state index in [0.717, 1.165) is 32.4 Å². The largest absolute Gasteiger partial charge is 0.343 e. The maximum atomic E-state index is 12.9. The first-order valence-corrected chi connectivity index (χ1v) is 11.2. The number of nitrogens with zero attached hydrogens (tertiary/aromatic N) is 2. The third-order valence-electron chi connectivity index (χ3n) is 5.89. The van der Waals surface area contributed by atoms with E-state index in [1.165, 1.54) is 5.56 Å². The van der Waals surface area contributed by atoms with Gasteiger partial charge in [-0.15, -0.1) is 0 Å². The molecule has 0 bridgehead atoms. The second-order valence-electron chi connectivity index (χ2n) is 8.34. The Bertz CT molecular complexity index is 845. The van der Waals surface area contributed by atoms with Crippen molar-refractivity contribution in [2.24, 2.45) is 5.92 Å². The summed E-state index contributed by atoms with van der Waals surface area (Å²) in [6.45, 7) is 5.94. The van der Waals surface area contributed by atoms with Crippen LogP contribution in [0.2, 0.25) is 5.02 Å². The molecule has 0 atom stereocenters. The number of likely N-dealkylation sites (tertiary alicyclic amines) is 1. The fraction of sp³-hybridized carbons (Fsp3) is 0.440. The second kappa shape index (κ2) is 10.6. The molecular formula is C25H31ClN2O2. The van der Waals surface area contributed by atoms with Crippen LogP contribution in [-0.4, -0.2) is 47.3 Å². The van der Waals surface area contributed by atoms with Crippen molar-refractivity contribution in [2.45, 2.75) is 45.6 Å². The standard InChI is InChI=1S/C25H31ClN2O2/c1-19(2)28(25(30)22-10-6-7-11-23(22)26)17-14-24(29)27-15-12-21(13-16-27)18-20-8-4-3-5-9-20/h3-11,19,21H,12-18H2,1-2H3. The highest BCUT2D eigenvalue weighted by Crippen LogP contribution is 2.23. The Hall–Kier alpha value is -2.33. The molecule has 2 aromatic carbocycles.